The van der Waals surface area contributed by atoms with Gasteiger partial charge < -0.3 is 24.6 Å². The molecule has 1 aliphatic heterocycles. The lowest BCUT2D eigenvalue weighted by Gasteiger charge is -2.25. The van der Waals surface area contributed by atoms with E-state index in [0.717, 1.165) is 5.56 Å². The number of amides is 1. The fourth-order valence-electron chi connectivity index (χ4n) is 3.01. The van der Waals surface area contributed by atoms with Crippen LogP contribution in [0.1, 0.15) is 28.3 Å². The van der Waals surface area contributed by atoms with Crippen LogP contribution in [0.5, 0.6) is 17.2 Å². The highest BCUT2D eigenvalue weighted by Crippen LogP contribution is 2.39. The molecule has 2 N–H and O–H groups in total. The number of carboxylic acids is 1. The van der Waals surface area contributed by atoms with Gasteiger partial charge in [-0.3, -0.25) is 4.79 Å². The molecule has 0 spiro atoms. The number of nitrogens with one attached hydrogen (secondary N) is 1. The van der Waals surface area contributed by atoms with E-state index in [0.29, 0.717) is 18.8 Å². The van der Waals surface area contributed by atoms with Crippen LogP contribution in [0.2, 0.25) is 0 Å². The molecule has 136 valence electrons. The second kappa shape index (κ2) is 7.35. The van der Waals surface area contributed by atoms with Crippen molar-refractivity contribution in [2.75, 3.05) is 26.1 Å². The molecular formula is C19H19NO6. The largest absolute Gasteiger partial charge is 0.493 e. The second-order valence-corrected chi connectivity index (χ2v) is 5.78. The van der Waals surface area contributed by atoms with E-state index in [-0.39, 0.29) is 28.7 Å². The molecule has 0 saturated carbocycles. The number of para-hydroxylation sites is 1. The Morgan fingerprint density at radius 1 is 1.19 bits per heavy atom. The minimum Gasteiger partial charge on any atom is -0.493 e. The molecule has 7 nitrogen and oxygen atoms in total. The van der Waals surface area contributed by atoms with E-state index in [1.54, 1.807) is 0 Å². The summed E-state index contributed by atoms with van der Waals surface area (Å²) in [6, 6.07) is 10.1. The Labute approximate surface area is 150 Å². The van der Waals surface area contributed by atoms with E-state index in [9.17, 15) is 14.7 Å². The monoisotopic (exact) mass is 357 g/mol. The van der Waals surface area contributed by atoms with Gasteiger partial charge in [0, 0.05) is 5.56 Å². The Morgan fingerprint density at radius 3 is 2.65 bits per heavy atom. The van der Waals surface area contributed by atoms with Crippen molar-refractivity contribution in [1.29, 1.82) is 0 Å². The summed E-state index contributed by atoms with van der Waals surface area (Å²) >= 11 is 0. The summed E-state index contributed by atoms with van der Waals surface area (Å²) in [4.78, 5) is 24.2. The number of rotatable bonds is 5. The van der Waals surface area contributed by atoms with Gasteiger partial charge in [0.25, 0.3) is 0 Å². The molecule has 1 heterocycles. The minimum absolute atomic E-state index is 0.00896. The number of fused-ring (bicyclic) bond motifs is 1. The highest BCUT2D eigenvalue weighted by atomic mass is 16.5. The van der Waals surface area contributed by atoms with Crippen LogP contribution in [-0.4, -0.2) is 37.8 Å². The number of aromatic carboxylic acids is 1. The number of carbonyl (C=O) groups excluding carboxylic acids is 1. The zero-order chi connectivity index (χ0) is 18.7. The number of hydrogen-bond donors (Lipinski definition) is 2. The Hall–Kier alpha value is -3.22. The van der Waals surface area contributed by atoms with Crippen LogP contribution in [0.15, 0.2) is 36.4 Å². The molecule has 0 saturated heterocycles. The van der Waals surface area contributed by atoms with E-state index >= 15 is 0 Å². The van der Waals surface area contributed by atoms with E-state index in [2.05, 4.69) is 5.32 Å². The zero-order valence-electron chi connectivity index (χ0n) is 14.4. The number of hydrogen-bond acceptors (Lipinski definition) is 5. The average Bonchev–Trinajstić information content (AvgIpc) is 2.66. The van der Waals surface area contributed by atoms with Crippen LogP contribution in [0.25, 0.3) is 0 Å². The summed E-state index contributed by atoms with van der Waals surface area (Å²) in [5.41, 5.74) is 1.04. The molecular weight excluding hydrogens is 338 g/mol. The predicted octanol–water partition coefficient (Wildman–Crippen LogP) is 2.91. The molecule has 1 aliphatic rings. The van der Waals surface area contributed by atoms with Crippen molar-refractivity contribution in [2.45, 2.75) is 12.3 Å². The quantitative estimate of drug-likeness (QED) is 0.854. The zero-order valence-corrected chi connectivity index (χ0v) is 14.4. The molecule has 1 atom stereocenters. The lowest BCUT2D eigenvalue weighted by molar-refractivity contribution is -0.118. The van der Waals surface area contributed by atoms with Crippen molar-refractivity contribution in [3.8, 4) is 17.2 Å². The molecule has 0 fully saturated rings. The number of benzene rings is 2. The van der Waals surface area contributed by atoms with Crippen molar-refractivity contribution >= 4 is 17.6 Å². The maximum absolute atomic E-state index is 12.9. The van der Waals surface area contributed by atoms with Crippen LogP contribution >= 0.6 is 0 Å². The van der Waals surface area contributed by atoms with Crippen LogP contribution in [0.3, 0.4) is 0 Å². The second-order valence-electron chi connectivity index (χ2n) is 5.78. The van der Waals surface area contributed by atoms with Gasteiger partial charge in [0.1, 0.15) is 5.75 Å². The molecule has 7 heteroatoms. The predicted molar refractivity (Wildman–Crippen MR) is 94.4 cm³/mol. The summed E-state index contributed by atoms with van der Waals surface area (Å²) in [5, 5.41) is 12.1. The lowest BCUT2D eigenvalue weighted by Crippen LogP contribution is -2.26. The molecule has 3 rings (SSSR count). The SMILES string of the molecule is COc1cc(C(=O)O)cc(NC(=O)C2CCOc3ccccc32)c1OC. The number of anilines is 1. The first-order valence-electron chi connectivity index (χ1n) is 8.07. The third kappa shape index (κ3) is 3.28. The normalized spacial score (nSPS) is 15.4. The van der Waals surface area contributed by atoms with Crippen LogP contribution in [0.4, 0.5) is 5.69 Å². The number of methoxy groups -OCH3 is 2. The molecule has 1 amide bonds. The summed E-state index contributed by atoms with van der Waals surface area (Å²) < 4.78 is 16.1. The Kier molecular flexibility index (Phi) is 4.97. The number of carbonyl (C=O) groups is 2. The molecule has 1 unspecified atom stereocenters. The fourth-order valence-corrected chi connectivity index (χ4v) is 3.01. The smallest absolute Gasteiger partial charge is 0.335 e. The maximum Gasteiger partial charge on any atom is 0.335 e. The van der Waals surface area contributed by atoms with E-state index < -0.39 is 11.9 Å². The van der Waals surface area contributed by atoms with Crippen LogP contribution in [-0.2, 0) is 4.79 Å². The number of carboxylic acid groups (broad SMARTS) is 1. The van der Waals surface area contributed by atoms with E-state index in [4.69, 9.17) is 14.2 Å². The highest BCUT2D eigenvalue weighted by Gasteiger charge is 2.28. The first kappa shape index (κ1) is 17.6. The van der Waals surface area contributed by atoms with Gasteiger partial charge in [0.15, 0.2) is 11.5 Å². The highest BCUT2D eigenvalue weighted by molar-refractivity contribution is 6.00. The van der Waals surface area contributed by atoms with Gasteiger partial charge in [-0.25, -0.2) is 4.79 Å². The topological polar surface area (TPSA) is 94.1 Å². The third-order valence-corrected chi connectivity index (χ3v) is 4.26. The molecule has 2 aromatic carbocycles. The van der Waals surface area contributed by atoms with Crippen LogP contribution < -0.4 is 19.5 Å². The van der Waals surface area contributed by atoms with E-state index in [1.807, 2.05) is 24.3 Å². The van der Waals surface area contributed by atoms with Crippen LogP contribution in [0, 0.1) is 0 Å². The molecule has 26 heavy (non-hydrogen) atoms. The fraction of sp³-hybridized carbons (Fsp3) is 0.263. The number of ether oxygens (including phenoxy) is 3. The van der Waals surface area contributed by atoms with Crippen molar-refractivity contribution in [1.82, 2.24) is 0 Å². The van der Waals surface area contributed by atoms with Crippen molar-refractivity contribution in [3.05, 3.63) is 47.5 Å². The first-order valence-corrected chi connectivity index (χ1v) is 8.07. The third-order valence-electron chi connectivity index (χ3n) is 4.26. The standard InChI is InChI=1S/C19H19NO6/c1-24-16-10-11(19(22)23)9-14(17(16)25-2)20-18(21)13-7-8-26-15-6-4-3-5-12(13)15/h3-6,9-10,13H,7-8H2,1-2H3,(H,20,21)(H,22,23). The Bertz CT molecular complexity index is 848. The summed E-state index contributed by atoms with van der Waals surface area (Å²) in [7, 11) is 2.83. The van der Waals surface area contributed by atoms with Gasteiger partial charge in [-0.05, 0) is 24.6 Å². The van der Waals surface area contributed by atoms with Gasteiger partial charge in [-0.1, -0.05) is 18.2 Å². The van der Waals surface area contributed by atoms with Gasteiger partial charge >= 0.3 is 5.97 Å². The van der Waals surface area contributed by atoms with Crippen molar-refractivity contribution in [2.24, 2.45) is 0 Å². The molecule has 0 bridgehead atoms. The van der Waals surface area contributed by atoms with Gasteiger partial charge in [0.2, 0.25) is 5.91 Å². The Morgan fingerprint density at radius 2 is 1.96 bits per heavy atom. The van der Waals surface area contributed by atoms with Gasteiger partial charge in [-0.15, -0.1) is 0 Å². The van der Waals surface area contributed by atoms with Gasteiger partial charge in [0.05, 0.1) is 38.0 Å². The first-order chi connectivity index (χ1) is 12.5. The summed E-state index contributed by atoms with van der Waals surface area (Å²) in [6.45, 7) is 0.435. The summed E-state index contributed by atoms with van der Waals surface area (Å²) in [5.74, 6) is -0.602. The van der Waals surface area contributed by atoms with Crippen molar-refractivity contribution in [3.63, 3.8) is 0 Å². The summed E-state index contributed by atoms with van der Waals surface area (Å²) in [6.07, 6.45) is 0.529. The molecule has 0 radical (unpaired) electrons. The molecule has 0 aliphatic carbocycles. The maximum atomic E-state index is 12.9. The van der Waals surface area contributed by atoms with Gasteiger partial charge in [-0.2, -0.15) is 0 Å². The van der Waals surface area contributed by atoms with Crippen molar-refractivity contribution < 1.29 is 28.9 Å². The molecule has 2 aromatic rings. The lowest BCUT2D eigenvalue weighted by atomic mass is 9.92. The Balaban J connectivity index is 1.95. The molecule has 0 aromatic heterocycles. The minimum atomic E-state index is -1.13. The average molecular weight is 357 g/mol. The van der Waals surface area contributed by atoms with E-state index in [1.165, 1.54) is 26.4 Å².